The predicted octanol–water partition coefficient (Wildman–Crippen LogP) is 3.37. The highest BCUT2D eigenvalue weighted by atomic mass is 16.3. The van der Waals surface area contributed by atoms with Crippen molar-refractivity contribution >= 4 is 28.9 Å². The molecule has 0 spiro atoms. The number of fused-ring (bicyclic) bond motifs is 1. The first-order valence-electron chi connectivity index (χ1n) is 11.8. The van der Waals surface area contributed by atoms with E-state index in [1.165, 1.54) is 13.8 Å². The molecule has 1 fully saturated rings. The third-order valence-electron chi connectivity index (χ3n) is 7.37. The smallest absolute Gasteiger partial charge is 0.167 e. The standard InChI is InChI=1S/C28H28O7/c1-14(30)17-3-5-18(6-4-17)21-8-7-19-9-16(11-23(32)26(19)27(21)34)10-20-12-24(33)25(15(2)31)28(35)22(20)13-29/h3-8,16,20,22,25,29,34H,9-13H2,1-2H3. The molecule has 0 saturated heterocycles. The van der Waals surface area contributed by atoms with Crippen molar-refractivity contribution in [2.24, 2.45) is 23.7 Å². The summed E-state index contributed by atoms with van der Waals surface area (Å²) in [5.74, 6) is -4.49. The monoisotopic (exact) mass is 476 g/mol. The number of rotatable bonds is 6. The summed E-state index contributed by atoms with van der Waals surface area (Å²) in [6.45, 7) is 2.25. The van der Waals surface area contributed by atoms with E-state index in [9.17, 15) is 34.2 Å². The van der Waals surface area contributed by atoms with Gasteiger partial charge in [0.15, 0.2) is 23.1 Å². The molecule has 4 rings (SSSR count). The number of carbonyl (C=O) groups excluding carboxylic acids is 5. The maximum atomic E-state index is 13.1. The fourth-order valence-electron chi connectivity index (χ4n) is 5.61. The number of phenols is 1. The van der Waals surface area contributed by atoms with Gasteiger partial charge in [0.05, 0.1) is 12.2 Å². The van der Waals surface area contributed by atoms with Crippen molar-refractivity contribution in [1.29, 1.82) is 0 Å². The molecule has 0 aliphatic heterocycles. The summed E-state index contributed by atoms with van der Waals surface area (Å²) in [6, 6.07) is 10.4. The zero-order valence-corrected chi connectivity index (χ0v) is 19.7. The molecule has 7 nitrogen and oxygen atoms in total. The Labute approximate surface area is 203 Å². The van der Waals surface area contributed by atoms with Gasteiger partial charge in [-0.3, -0.25) is 24.0 Å². The lowest BCUT2D eigenvalue weighted by Gasteiger charge is -2.35. The number of phenolic OH excluding ortho intramolecular Hbond substituents is 1. The highest BCUT2D eigenvalue weighted by Gasteiger charge is 2.46. The molecule has 2 aliphatic rings. The maximum Gasteiger partial charge on any atom is 0.167 e. The van der Waals surface area contributed by atoms with Crippen LogP contribution >= 0.6 is 0 Å². The Balaban J connectivity index is 1.55. The zero-order valence-electron chi connectivity index (χ0n) is 19.7. The Morgan fingerprint density at radius 3 is 2.23 bits per heavy atom. The second-order valence-electron chi connectivity index (χ2n) is 9.73. The van der Waals surface area contributed by atoms with Gasteiger partial charge >= 0.3 is 0 Å². The number of carbonyl (C=O) groups is 5. The minimum atomic E-state index is -1.29. The summed E-state index contributed by atoms with van der Waals surface area (Å²) in [5, 5.41) is 20.8. The molecule has 0 heterocycles. The van der Waals surface area contributed by atoms with Crippen molar-refractivity contribution in [1.82, 2.24) is 0 Å². The minimum Gasteiger partial charge on any atom is -0.507 e. The Morgan fingerprint density at radius 2 is 1.63 bits per heavy atom. The summed E-state index contributed by atoms with van der Waals surface area (Å²) in [7, 11) is 0. The van der Waals surface area contributed by atoms with E-state index in [-0.39, 0.29) is 41.6 Å². The summed E-state index contributed by atoms with van der Waals surface area (Å²) in [6.07, 6.45) is 1.07. The van der Waals surface area contributed by atoms with Gasteiger partial charge in [-0.25, -0.2) is 0 Å². The van der Waals surface area contributed by atoms with E-state index in [0.29, 0.717) is 35.1 Å². The predicted molar refractivity (Wildman–Crippen MR) is 127 cm³/mol. The van der Waals surface area contributed by atoms with E-state index in [2.05, 4.69) is 0 Å². The van der Waals surface area contributed by atoms with Crippen molar-refractivity contribution in [2.75, 3.05) is 6.61 Å². The summed E-state index contributed by atoms with van der Waals surface area (Å²) in [4.78, 5) is 61.5. The average Bonchev–Trinajstić information content (AvgIpc) is 2.79. The van der Waals surface area contributed by atoms with Crippen LogP contribution in [0.25, 0.3) is 11.1 Å². The van der Waals surface area contributed by atoms with Crippen LogP contribution in [-0.4, -0.2) is 45.7 Å². The molecule has 0 aromatic heterocycles. The molecule has 4 unspecified atom stereocenters. The molecule has 2 aromatic carbocycles. The molecule has 35 heavy (non-hydrogen) atoms. The highest BCUT2D eigenvalue weighted by molar-refractivity contribution is 6.20. The fourth-order valence-corrected chi connectivity index (χ4v) is 5.61. The number of hydrogen-bond acceptors (Lipinski definition) is 7. The zero-order chi connectivity index (χ0) is 25.4. The van der Waals surface area contributed by atoms with Crippen LogP contribution in [0, 0.1) is 23.7 Å². The largest absolute Gasteiger partial charge is 0.507 e. The lowest BCUT2D eigenvalue weighted by Crippen LogP contribution is -2.46. The van der Waals surface area contributed by atoms with E-state index in [1.54, 1.807) is 36.4 Å². The molecular formula is C28H28O7. The summed E-state index contributed by atoms with van der Waals surface area (Å²) >= 11 is 0. The van der Waals surface area contributed by atoms with Gasteiger partial charge in [0.25, 0.3) is 0 Å². The van der Waals surface area contributed by atoms with Gasteiger partial charge in [-0.1, -0.05) is 36.4 Å². The third kappa shape index (κ3) is 4.60. The lowest BCUT2D eigenvalue weighted by atomic mass is 9.67. The van der Waals surface area contributed by atoms with E-state index in [4.69, 9.17) is 0 Å². The molecule has 0 amide bonds. The van der Waals surface area contributed by atoms with Gasteiger partial charge in [0.2, 0.25) is 0 Å². The average molecular weight is 477 g/mol. The van der Waals surface area contributed by atoms with Gasteiger partial charge in [-0.05, 0) is 49.7 Å². The van der Waals surface area contributed by atoms with Crippen LogP contribution in [0.15, 0.2) is 36.4 Å². The molecule has 2 aromatic rings. The topological polar surface area (TPSA) is 126 Å². The van der Waals surface area contributed by atoms with Crippen LogP contribution in [0.2, 0.25) is 0 Å². The number of aliphatic hydroxyl groups excluding tert-OH is 1. The van der Waals surface area contributed by atoms with Gasteiger partial charge in [0.1, 0.15) is 17.5 Å². The van der Waals surface area contributed by atoms with Crippen molar-refractivity contribution in [3.8, 4) is 16.9 Å². The van der Waals surface area contributed by atoms with Crippen LogP contribution in [-0.2, 0) is 20.8 Å². The van der Waals surface area contributed by atoms with E-state index >= 15 is 0 Å². The highest BCUT2D eigenvalue weighted by Crippen LogP contribution is 2.42. The Hall–Kier alpha value is -3.45. The first-order valence-corrected chi connectivity index (χ1v) is 11.8. The number of hydrogen-bond donors (Lipinski definition) is 2. The van der Waals surface area contributed by atoms with Crippen LogP contribution < -0.4 is 0 Å². The molecule has 0 radical (unpaired) electrons. The number of aromatic hydroxyl groups is 1. The van der Waals surface area contributed by atoms with E-state index in [1.807, 2.05) is 0 Å². The fraction of sp³-hybridized carbons (Fsp3) is 0.393. The van der Waals surface area contributed by atoms with Crippen molar-refractivity contribution in [3.05, 3.63) is 53.1 Å². The number of ketones is 5. The molecule has 2 N–H and O–H groups in total. The van der Waals surface area contributed by atoms with Crippen molar-refractivity contribution in [2.45, 2.75) is 39.5 Å². The van der Waals surface area contributed by atoms with Crippen LogP contribution in [0.5, 0.6) is 5.75 Å². The molecule has 182 valence electrons. The number of Topliss-reactive ketones (excluding diaryl/α,β-unsaturated/α-hetero) is 5. The molecule has 4 atom stereocenters. The van der Waals surface area contributed by atoms with Crippen LogP contribution in [0.4, 0.5) is 0 Å². The van der Waals surface area contributed by atoms with Crippen molar-refractivity contribution < 1.29 is 34.2 Å². The maximum absolute atomic E-state index is 13.1. The Bertz CT molecular complexity index is 1220. The van der Waals surface area contributed by atoms with Gasteiger partial charge < -0.3 is 10.2 Å². The quantitative estimate of drug-likeness (QED) is 0.484. The SMILES string of the molecule is CC(=O)c1ccc(-c2ccc3c(c2O)C(=O)CC(CC2CC(=O)C(C(C)=O)C(=O)C2CO)C3)cc1. The minimum absolute atomic E-state index is 0.0270. The number of benzene rings is 2. The van der Waals surface area contributed by atoms with Crippen molar-refractivity contribution in [3.63, 3.8) is 0 Å². The van der Waals surface area contributed by atoms with Gasteiger partial charge in [0, 0.05) is 29.9 Å². The Morgan fingerprint density at radius 1 is 0.943 bits per heavy atom. The second kappa shape index (κ2) is 9.66. The molecule has 2 aliphatic carbocycles. The Kier molecular flexibility index (Phi) is 6.81. The summed E-state index contributed by atoms with van der Waals surface area (Å²) in [5.41, 5.74) is 2.73. The van der Waals surface area contributed by atoms with Crippen LogP contribution in [0.1, 0.15) is 59.4 Å². The second-order valence-corrected chi connectivity index (χ2v) is 9.73. The first kappa shape index (κ1) is 24.7. The van der Waals surface area contributed by atoms with Gasteiger partial charge in [-0.2, -0.15) is 0 Å². The normalized spacial score (nSPS) is 24.3. The van der Waals surface area contributed by atoms with E-state index in [0.717, 1.165) is 0 Å². The number of aliphatic hydroxyl groups is 1. The first-order chi connectivity index (χ1) is 16.6. The lowest BCUT2D eigenvalue weighted by molar-refractivity contribution is -0.147. The van der Waals surface area contributed by atoms with Gasteiger partial charge in [-0.15, -0.1) is 0 Å². The summed E-state index contributed by atoms with van der Waals surface area (Å²) < 4.78 is 0. The van der Waals surface area contributed by atoms with E-state index < -0.39 is 41.7 Å². The molecule has 0 bridgehead atoms. The molecule has 1 saturated carbocycles. The molecular weight excluding hydrogens is 448 g/mol. The molecule has 7 heteroatoms. The third-order valence-corrected chi connectivity index (χ3v) is 7.37. The van der Waals surface area contributed by atoms with Crippen LogP contribution in [0.3, 0.4) is 0 Å².